The summed E-state index contributed by atoms with van der Waals surface area (Å²) in [7, 11) is 0. The van der Waals surface area contributed by atoms with E-state index in [1.807, 2.05) is 0 Å². The number of halogens is 3. The molecule has 0 aromatic carbocycles. The molecule has 1 saturated carbocycles. The zero-order valence-electron chi connectivity index (χ0n) is 13.8. The number of nitrogens with one attached hydrogen (secondary N) is 1. The lowest BCUT2D eigenvalue weighted by atomic mass is 10.1. The molecule has 9 heteroatoms. The molecule has 0 spiro atoms. The monoisotopic (exact) mass is 407 g/mol. The summed E-state index contributed by atoms with van der Waals surface area (Å²) in [5.41, 5.74) is 5.34. The molecular weight excluding hydrogens is 389 g/mol. The number of nitrogens with two attached hydrogens (primary N) is 1. The van der Waals surface area contributed by atoms with E-state index in [2.05, 4.69) is 10.3 Å². The van der Waals surface area contributed by atoms with Crippen LogP contribution in [-0.2, 0) is 9.53 Å². The predicted octanol–water partition coefficient (Wildman–Crippen LogP) is 4.01. The number of hydrogen-bond donors (Lipinski definition) is 2. The highest BCUT2D eigenvalue weighted by Gasteiger charge is 2.26. The van der Waals surface area contributed by atoms with Crippen LogP contribution in [0.25, 0.3) is 0 Å². The molecule has 1 aliphatic rings. The van der Waals surface area contributed by atoms with E-state index < -0.39 is 12.1 Å². The number of amides is 1. The normalized spacial score (nSPS) is 16.8. The maximum atomic E-state index is 12.2. The molecule has 2 rings (SSSR count). The van der Waals surface area contributed by atoms with Gasteiger partial charge in [0.15, 0.2) is 17.0 Å². The number of nitrogen functional groups attached to an aromatic ring is 1. The number of hydrogen-bond acceptors (Lipinski definition) is 5. The van der Waals surface area contributed by atoms with Crippen molar-refractivity contribution < 1.29 is 14.3 Å². The average Bonchev–Trinajstić information content (AvgIpc) is 2.84. The van der Waals surface area contributed by atoms with E-state index in [-0.39, 0.29) is 38.5 Å². The number of nitrogens with zero attached hydrogens (tertiary/aromatic N) is 1. The third-order valence-corrected chi connectivity index (χ3v) is 5.26. The Balaban J connectivity index is 2.01. The van der Waals surface area contributed by atoms with Gasteiger partial charge in [0.2, 0.25) is 0 Å². The Bertz CT molecular complexity index is 662. The van der Waals surface area contributed by atoms with Gasteiger partial charge in [-0.2, -0.15) is 0 Å². The number of rotatable bonds is 4. The summed E-state index contributed by atoms with van der Waals surface area (Å²) in [6, 6.07) is 0.110. The summed E-state index contributed by atoms with van der Waals surface area (Å²) in [4.78, 5) is 28.3. The largest absolute Gasteiger partial charge is 0.448 e. The van der Waals surface area contributed by atoms with Crippen molar-refractivity contribution in [1.82, 2.24) is 10.3 Å². The Hall–Kier alpha value is -1.24. The van der Waals surface area contributed by atoms with Crippen molar-refractivity contribution in [3.05, 3.63) is 20.9 Å². The van der Waals surface area contributed by atoms with Crippen molar-refractivity contribution >= 4 is 52.4 Å². The fourth-order valence-electron chi connectivity index (χ4n) is 2.68. The second-order valence-electron chi connectivity index (χ2n) is 6.04. The molecule has 1 aromatic heterocycles. The summed E-state index contributed by atoms with van der Waals surface area (Å²) < 4.78 is 5.15. The first-order valence-corrected chi connectivity index (χ1v) is 9.26. The van der Waals surface area contributed by atoms with Crippen LogP contribution in [-0.4, -0.2) is 29.0 Å². The van der Waals surface area contributed by atoms with Gasteiger partial charge in [-0.1, -0.05) is 60.5 Å². The maximum Gasteiger partial charge on any atom is 0.359 e. The zero-order chi connectivity index (χ0) is 18.6. The van der Waals surface area contributed by atoms with Crippen molar-refractivity contribution in [3.8, 4) is 0 Å². The number of esters is 1. The maximum absolute atomic E-state index is 12.2. The van der Waals surface area contributed by atoms with Gasteiger partial charge >= 0.3 is 5.97 Å². The molecule has 138 valence electrons. The minimum atomic E-state index is -0.996. The second kappa shape index (κ2) is 8.92. The van der Waals surface area contributed by atoms with Gasteiger partial charge < -0.3 is 15.8 Å². The molecule has 1 aliphatic carbocycles. The van der Waals surface area contributed by atoms with Crippen molar-refractivity contribution in [3.63, 3.8) is 0 Å². The Morgan fingerprint density at radius 1 is 1.16 bits per heavy atom. The highest BCUT2D eigenvalue weighted by Crippen LogP contribution is 2.34. The van der Waals surface area contributed by atoms with Crippen molar-refractivity contribution in [2.24, 2.45) is 0 Å². The van der Waals surface area contributed by atoms with Gasteiger partial charge in [-0.25, -0.2) is 9.78 Å². The summed E-state index contributed by atoms with van der Waals surface area (Å²) >= 11 is 17.6. The molecule has 1 heterocycles. The average molecular weight is 409 g/mol. The van der Waals surface area contributed by atoms with Gasteiger partial charge in [0, 0.05) is 6.04 Å². The van der Waals surface area contributed by atoms with E-state index in [9.17, 15) is 9.59 Å². The van der Waals surface area contributed by atoms with E-state index in [1.165, 1.54) is 19.8 Å². The number of carbonyl (C=O) groups is 2. The molecule has 0 radical (unpaired) electrons. The van der Waals surface area contributed by atoms with Gasteiger partial charge in [0.1, 0.15) is 5.02 Å². The Kier molecular flexibility index (Phi) is 7.16. The predicted molar refractivity (Wildman–Crippen MR) is 98.2 cm³/mol. The molecule has 25 heavy (non-hydrogen) atoms. The van der Waals surface area contributed by atoms with Crippen molar-refractivity contribution in [2.75, 3.05) is 5.73 Å². The first-order valence-electron chi connectivity index (χ1n) is 8.12. The molecule has 0 aliphatic heterocycles. The molecule has 3 N–H and O–H groups in total. The fraction of sp³-hybridized carbons (Fsp3) is 0.562. The summed E-state index contributed by atoms with van der Waals surface area (Å²) in [6.45, 7) is 1.48. The van der Waals surface area contributed by atoms with Crippen LogP contribution >= 0.6 is 34.8 Å². The Morgan fingerprint density at radius 2 is 1.76 bits per heavy atom. The van der Waals surface area contributed by atoms with E-state index in [4.69, 9.17) is 45.3 Å². The lowest BCUT2D eigenvalue weighted by Gasteiger charge is -2.19. The molecular formula is C16H20Cl3N3O3. The fourth-order valence-corrected chi connectivity index (χ4v) is 3.26. The molecule has 1 amide bonds. The molecule has 1 atom stereocenters. The Labute approximate surface area is 161 Å². The summed E-state index contributed by atoms with van der Waals surface area (Å²) in [5.74, 6) is -1.25. The first kappa shape index (κ1) is 20.1. The van der Waals surface area contributed by atoms with Crippen LogP contribution in [0.3, 0.4) is 0 Å². The van der Waals surface area contributed by atoms with E-state index >= 15 is 0 Å². The standard InChI is InChI=1S/C16H20Cl3N3O3/c1-8(15(23)21-9-6-4-2-3-5-7-9)25-16(24)13-10(17)12(20)11(18)14(19)22-13/h8-9H,2-7H2,1H3,(H2,20,22)(H,21,23)/t8-/m1/s1. The van der Waals surface area contributed by atoms with Gasteiger partial charge in [-0.15, -0.1) is 0 Å². The van der Waals surface area contributed by atoms with Crippen LogP contribution in [0.1, 0.15) is 55.9 Å². The van der Waals surface area contributed by atoms with E-state index in [1.54, 1.807) is 0 Å². The Morgan fingerprint density at radius 3 is 2.36 bits per heavy atom. The van der Waals surface area contributed by atoms with Gasteiger partial charge in [-0.05, 0) is 19.8 Å². The van der Waals surface area contributed by atoms with Crippen LogP contribution in [0.15, 0.2) is 0 Å². The topological polar surface area (TPSA) is 94.3 Å². The number of carbonyl (C=O) groups excluding carboxylic acids is 2. The highest BCUT2D eigenvalue weighted by molar-refractivity contribution is 6.46. The van der Waals surface area contributed by atoms with Crippen LogP contribution in [0.4, 0.5) is 5.69 Å². The van der Waals surface area contributed by atoms with Crippen LogP contribution in [0.5, 0.6) is 0 Å². The van der Waals surface area contributed by atoms with E-state index in [0.29, 0.717) is 0 Å². The van der Waals surface area contributed by atoms with Gasteiger partial charge in [-0.3, -0.25) is 4.79 Å². The third-order valence-electron chi connectivity index (χ3n) is 4.12. The third kappa shape index (κ3) is 5.12. The zero-order valence-corrected chi connectivity index (χ0v) is 16.0. The molecule has 0 saturated heterocycles. The minimum absolute atomic E-state index is 0.0395. The number of ether oxygens (including phenoxy) is 1. The number of anilines is 1. The molecule has 1 fully saturated rings. The molecule has 1 aromatic rings. The summed E-state index contributed by atoms with van der Waals surface area (Å²) in [5, 5.41) is 2.56. The lowest BCUT2D eigenvalue weighted by Crippen LogP contribution is -2.42. The van der Waals surface area contributed by atoms with Crippen LogP contribution < -0.4 is 11.1 Å². The highest BCUT2D eigenvalue weighted by atomic mass is 35.5. The van der Waals surface area contributed by atoms with Crippen LogP contribution in [0, 0.1) is 0 Å². The smallest absolute Gasteiger partial charge is 0.359 e. The SMILES string of the molecule is C[C@@H](OC(=O)c1nc(Cl)c(Cl)c(N)c1Cl)C(=O)NC1CCCCCC1. The van der Waals surface area contributed by atoms with E-state index in [0.717, 1.165) is 25.7 Å². The summed E-state index contributed by atoms with van der Waals surface area (Å²) in [6.07, 6.45) is 5.40. The lowest BCUT2D eigenvalue weighted by molar-refractivity contribution is -0.129. The minimum Gasteiger partial charge on any atom is -0.448 e. The number of aromatic nitrogens is 1. The molecule has 0 unspecified atom stereocenters. The van der Waals surface area contributed by atoms with Gasteiger partial charge in [0.05, 0.1) is 10.7 Å². The second-order valence-corrected chi connectivity index (χ2v) is 7.15. The molecule has 6 nitrogen and oxygen atoms in total. The van der Waals surface area contributed by atoms with Crippen molar-refractivity contribution in [1.29, 1.82) is 0 Å². The quantitative estimate of drug-likeness (QED) is 0.446. The first-order chi connectivity index (χ1) is 11.8. The van der Waals surface area contributed by atoms with Gasteiger partial charge in [0.25, 0.3) is 5.91 Å². The van der Waals surface area contributed by atoms with Crippen LogP contribution in [0.2, 0.25) is 15.2 Å². The van der Waals surface area contributed by atoms with Crippen molar-refractivity contribution in [2.45, 2.75) is 57.6 Å². The number of pyridine rings is 1. The molecule has 0 bridgehead atoms.